The van der Waals surface area contributed by atoms with Gasteiger partial charge in [0.15, 0.2) is 0 Å². The molecule has 2 atom stereocenters. The van der Waals surface area contributed by atoms with Gasteiger partial charge in [0.05, 0.1) is 0 Å². The van der Waals surface area contributed by atoms with Crippen LogP contribution in [0.15, 0.2) is 133 Å². The predicted molar refractivity (Wildman–Crippen MR) is 170 cm³/mol. The van der Waals surface area contributed by atoms with E-state index in [9.17, 15) is 0 Å². The van der Waals surface area contributed by atoms with Crippen molar-refractivity contribution in [3.63, 3.8) is 0 Å². The zero-order chi connectivity index (χ0) is 26.2. The van der Waals surface area contributed by atoms with Crippen molar-refractivity contribution in [2.45, 2.75) is 33.4 Å². The summed E-state index contributed by atoms with van der Waals surface area (Å²) in [5, 5.41) is 14.1. The van der Waals surface area contributed by atoms with Crippen LogP contribution in [0.5, 0.6) is 0 Å². The van der Waals surface area contributed by atoms with Gasteiger partial charge in [0.1, 0.15) is 0 Å². The van der Waals surface area contributed by atoms with E-state index in [1.54, 1.807) is 0 Å². The molecule has 0 saturated carbocycles. The lowest BCUT2D eigenvalue weighted by molar-refractivity contribution is 0.852. The first-order valence-corrected chi connectivity index (χ1v) is 13.1. The Balaban J connectivity index is 0.00000353. The maximum atomic E-state index is 3.64. The molecule has 0 amide bonds. The highest BCUT2D eigenvalue weighted by molar-refractivity contribution is 5.63. The molecule has 0 bridgehead atoms. The summed E-state index contributed by atoms with van der Waals surface area (Å²) in [6, 6.07) is 46.5. The molecule has 4 nitrogen and oxygen atoms in total. The molecular weight excluding hydrogens is 476 g/mol. The Morgan fingerprint density at radius 3 is 1.10 bits per heavy atom. The minimum atomic E-state index is 0. The summed E-state index contributed by atoms with van der Waals surface area (Å²) in [6.07, 6.45) is 0. The van der Waals surface area contributed by atoms with Gasteiger partial charge in [0.2, 0.25) is 0 Å². The van der Waals surface area contributed by atoms with Gasteiger partial charge in [-0.05, 0) is 97.8 Å². The number of rotatable bonds is 10. The largest absolute Gasteiger partial charge is 0.379 e. The molecule has 0 aliphatic carbocycles. The molecule has 0 aliphatic heterocycles. The highest BCUT2D eigenvalue weighted by atomic mass is 14.9. The van der Waals surface area contributed by atoms with Crippen molar-refractivity contribution < 1.29 is 0 Å². The molecule has 198 valence electrons. The molecule has 0 saturated heterocycles. The molecule has 39 heavy (non-hydrogen) atoms. The number of benzene rings is 5. The molecule has 0 radical (unpaired) electrons. The first kappa shape index (κ1) is 27.3. The molecule has 0 fully saturated rings. The zero-order valence-electron chi connectivity index (χ0n) is 21.9. The van der Waals surface area contributed by atoms with Crippen LogP contribution >= 0.6 is 0 Å². The summed E-state index contributed by atoms with van der Waals surface area (Å²) < 4.78 is 0. The van der Waals surface area contributed by atoms with Crippen molar-refractivity contribution in [1.29, 1.82) is 0 Å². The topological polar surface area (TPSA) is 48.1 Å². The number of hydrogen-bond acceptors (Lipinski definition) is 4. The fourth-order valence-electron chi connectivity index (χ4n) is 4.44. The molecule has 0 heterocycles. The Hall–Kier alpha value is -4.70. The quantitative estimate of drug-likeness (QED) is 0.150. The maximum absolute atomic E-state index is 3.64. The normalized spacial score (nSPS) is 11.9. The lowest BCUT2D eigenvalue weighted by Crippen LogP contribution is -2.10. The van der Waals surface area contributed by atoms with Crippen LogP contribution in [0.4, 0.5) is 34.1 Å². The van der Waals surface area contributed by atoms with Crippen LogP contribution in [0, 0.1) is 0 Å². The lowest BCUT2D eigenvalue weighted by Gasteiger charge is -2.20. The van der Waals surface area contributed by atoms with Crippen LogP contribution in [0.3, 0.4) is 0 Å². The van der Waals surface area contributed by atoms with Crippen LogP contribution < -0.4 is 21.3 Å². The van der Waals surface area contributed by atoms with Gasteiger partial charge in [-0.15, -0.1) is 0 Å². The standard InChI is InChI=1S/C34H34N4.CH4/c1-25(35-31-16-20-33(21-17-31)37-29-12-5-3-6-13-29)27-10-9-11-28(24-27)26(2)36-32-18-22-34(23-19-32)38-30-14-7-4-8-15-30;/h3-26,35-38H,1-2H3;1H4. The van der Waals surface area contributed by atoms with Crippen LogP contribution in [0.1, 0.15) is 44.5 Å². The van der Waals surface area contributed by atoms with Crippen molar-refractivity contribution in [2.75, 3.05) is 21.3 Å². The van der Waals surface area contributed by atoms with E-state index >= 15 is 0 Å². The zero-order valence-corrected chi connectivity index (χ0v) is 21.9. The van der Waals surface area contributed by atoms with Gasteiger partial charge in [-0.2, -0.15) is 0 Å². The first-order chi connectivity index (χ1) is 18.6. The van der Waals surface area contributed by atoms with Gasteiger partial charge in [-0.1, -0.05) is 68.1 Å². The summed E-state index contributed by atoms with van der Waals surface area (Å²) >= 11 is 0. The molecular formula is C35H38N4. The van der Waals surface area contributed by atoms with Gasteiger partial charge < -0.3 is 21.3 Å². The Bertz CT molecular complexity index is 1310. The second-order valence-electron chi connectivity index (χ2n) is 9.54. The summed E-state index contributed by atoms with van der Waals surface area (Å²) in [6.45, 7) is 4.40. The lowest BCUT2D eigenvalue weighted by atomic mass is 10.0. The summed E-state index contributed by atoms with van der Waals surface area (Å²) in [4.78, 5) is 0. The maximum Gasteiger partial charge on any atom is 0.0485 e. The van der Waals surface area contributed by atoms with E-state index in [0.29, 0.717) is 0 Å². The molecule has 2 unspecified atom stereocenters. The van der Waals surface area contributed by atoms with E-state index in [1.807, 2.05) is 36.4 Å². The fraction of sp³-hybridized carbons (Fsp3) is 0.143. The summed E-state index contributed by atoms with van der Waals surface area (Å²) in [5.74, 6) is 0. The Morgan fingerprint density at radius 2 is 0.718 bits per heavy atom. The fourth-order valence-corrected chi connectivity index (χ4v) is 4.44. The molecule has 0 spiro atoms. The molecule has 0 aromatic heterocycles. The van der Waals surface area contributed by atoms with Crippen LogP contribution in [0.2, 0.25) is 0 Å². The third-order valence-electron chi connectivity index (χ3n) is 6.57. The second kappa shape index (κ2) is 13.2. The summed E-state index contributed by atoms with van der Waals surface area (Å²) in [5.41, 5.74) is 9.01. The van der Waals surface area contributed by atoms with Gasteiger partial charge in [0.25, 0.3) is 0 Å². The number of nitrogens with one attached hydrogen (secondary N) is 4. The number of para-hydroxylation sites is 2. The minimum absolute atomic E-state index is 0. The van der Waals surface area contributed by atoms with E-state index in [0.717, 1.165) is 34.1 Å². The second-order valence-corrected chi connectivity index (χ2v) is 9.54. The van der Waals surface area contributed by atoms with Crippen LogP contribution in [0.25, 0.3) is 0 Å². The Labute approximate surface area is 233 Å². The molecule has 5 aromatic rings. The van der Waals surface area contributed by atoms with Crippen molar-refractivity contribution in [3.8, 4) is 0 Å². The summed E-state index contributed by atoms with van der Waals surface area (Å²) in [7, 11) is 0. The average molecular weight is 515 g/mol. The van der Waals surface area contributed by atoms with E-state index < -0.39 is 0 Å². The van der Waals surface area contributed by atoms with Crippen molar-refractivity contribution in [3.05, 3.63) is 145 Å². The molecule has 4 heteroatoms. The number of hydrogen-bond donors (Lipinski definition) is 4. The molecule has 5 aromatic carbocycles. The van der Waals surface area contributed by atoms with E-state index in [2.05, 4.69) is 132 Å². The molecule has 4 N–H and O–H groups in total. The SMILES string of the molecule is C.CC(Nc1ccc(Nc2ccccc2)cc1)c1cccc(C(C)Nc2ccc(Nc3ccccc3)cc2)c1. The van der Waals surface area contributed by atoms with Crippen LogP contribution in [-0.4, -0.2) is 0 Å². The van der Waals surface area contributed by atoms with Gasteiger partial charge in [-0.3, -0.25) is 0 Å². The minimum Gasteiger partial charge on any atom is -0.379 e. The number of anilines is 6. The van der Waals surface area contributed by atoms with Gasteiger partial charge in [0, 0.05) is 46.2 Å². The third-order valence-corrected chi connectivity index (χ3v) is 6.57. The monoisotopic (exact) mass is 514 g/mol. The third kappa shape index (κ3) is 7.65. The van der Waals surface area contributed by atoms with E-state index in [-0.39, 0.29) is 19.5 Å². The molecule has 0 aliphatic rings. The molecule has 5 rings (SSSR count). The Kier molecular flexibility index (Phi) is 9.25. The highest BCUT2D eigenvalue weighted by Crippen LogP contribution is 2.27. The van der Waals surface area contributed by atoms with Crippen molar-refractivity contribution >= 4 is 34.1 Å². The van der Waals surface area contributed by atoms with E-state index in [4.69, 9.17) is 0 Å². The average Bonchev–Trinajstić information content (AvgIpc) is 2.96. The first-order valence-electron chi connectivity index (χ1n) is 13.1. The Morgan fingerprint density at radius 1 is 0.385 bits per heavy atom. The predicted octanol–water partition coefficient (Wildman–Crippen LogP) is 10.2. The highest BCUT2D eigenvalue weighted by Gasteiger charge is 2.10. The van der Waals surface area contributed by atoms with Gasteiger partial charge >= 0.3 is 0 Å². The van der Waals surface area contributed by atoms with Crippen molar-refractivity contribution in [2.24, 2.45) is 0 Å². The smallest absolute Gasteiger partial charge is 0.0485 e. The van der Waals surface area contributed by atoms with Crippen LogP contribution in [-0.2, 0) is 0 Å². The van der Waals surface area contributed by atoms with Gasteiger partial charge in [-0.25, -0.2) is 0 Å². The van der Waals surface area contributed by atoms with Crippen molar-refractivity contribution in [1.82, 2.24) is 0 Å². The van der Waals surface area contributed by atoms with E-state index in [1.165, 1.54) is 11.1 Å².